The third-order valence-electron chi connectivity index (χ3n) is 1.71. The van der Waals surface area contributed by atoms with Gasteiger partial charge in [0.1, 0.15) is 0 Å². The zero-order valence-corrected chi connectivity index (χ0v) is 10.4. The average Bonchev–Trinajstić information content (AvgIpc) is 1.89. The Labute approximate surface area is 64.7 Å². The van der Waals surface area contributed by atoms with E-state index >= 15 is 0 Å². The van der Waals surface area contributed by atoms with Crippen LogP contribution in [0.25, 0.3) is 0 Å². The number of hydrogen-bond acceptors (Lipinski definition) is 0. The number of unbranched alkanes of at least 4 members (excludes halogenated alkanes) is 1. The smallest absolute Gasteiger partial charge is 0.0197 e. The molecule has 0 fully saturated rings. The molecule has 0 radical (unpaired) electrons. The first kappa shape index (κ1) is 9.43. The zero-order valence-electron chi connectivity index (χ0n) is 6.95. The van der Waals surface area contributed by atoms with Gasteiger partial charge in [-0.25, -0.2) is 0 Å². The molecule has 0 aromatic rings. The summed E-state index contributed by atoms with van der Waals surface area (Å²) in [6.45, 7) is 2.31. The van der Waals surface area contributed by atoms with E-state index in [4.69, 9.17) is 0 Å². The van der Waals surface area contributed by atoms with Crippen LogP contribution in [0, 0.1) is 0 Å². The highest BCUT2D eigenvalue weighted by atomic mass is 28.2. The molecule has 0 amide bonds. The lowest BCUT2D eigenvalue weighted by molar-refractivity contribution is 0.872. The van der Waals surface area contributed by atoms with E-state index in [1.165, 1.54) is 29.1 Å². The molecule has 0 unspecified atom stereocenters. The predicted molar refractivity (Wildman–Crippen MR) is 52.4 cm³/mol. The Balaban J connectivity index is 2.60. The van der Waals surface area contributed by atoms with Crippen LogP contribution in [0.5, 0.6) is 0 Å². The van der Waals surface area contributed by atoms with E-state index in [0.717, 1.165) is 0 Å². The van der Waals surface area contributed by atoms with Gasteiger partial charge in [0.15, 0.2) is 0 Å². The van der Waals surface area contributed by atoms with Crippen LogP contribution in [0.3, 0.4) is 0 Å². The normalized spacial score (nSPS) is 11.7. The van der Waals surface area contributed by atoms with Crippen LogP contribution < -0.4 is 0 Å². The molecule has 0 aliphatic heterocycles. The van der Waals surface area contributed by atoms with E-state index in [1.54, 1.807) is 18.5 Å². The van der Waals surface area contributed by atoms with Crippen LogP contribution in [0.4, 0.5) is 0 Å². The van der Waals surface area contributed by atoms with Crippen molar-refractivity contribution in [3.63, 3.8) is 0 Å². The molecular weight excluding hydrogens is 140 g/mol. The average molecular weight is 160 g/mol. The fourth-order valence-corrected chi connectivity index (χ4v) is 3.09. The molecule has 0 aromatic heterocycles. The largest absolute Gasteiger partial charge is 0.0659 e. The van der Waals surface area contributed by atoms with Gasteiger partial charge in [-0.3, -0.25) is 0 Å². The summed E-state index contributed by atoms with van der Waals surface area (Å²) in [6.07, 6.45) is 4.52. The van der Waals surface area contributed by atoms with Gasteiger partial charge >= 0.3 is 0 Å². The monoisotopic (exact) mass is 160 g/mol. The van der Waals surface area contributed by atoms with Crippen molar-refractivity contribution in [3.05, 3.63) is 0 Å². The predicted octanol–water partition coefficient (Wildman–Crippen LogP) is 0.966. The Morgan fingerprint density at radius 3 is 2.56 bits per heavy atom. The summed E-state index contributed by atoms with van der Waals surface area (Å²) in [4.78, 5) is 0. The van der Waals surface area contributed by atoms with E-state index in [9.17, 15) is 0 Å². The quantitative estimate of drug-likeness (QED) is 0.401. The Hall–Kier alpha value is 0.434. The van der Waals surface area contributed by atoms with Crippen LogP contribution in [0.2, 0.25) is 18.1 Å². The molecule has 0 heterocycles. The van der Waals surface area contributed by atoms with Gasteiger partial charge in [0.25, 0.3) is 0 Å². The molecular formula is C7H20Si2. The summed E-state index contributed by atoms with van der Waals surface area (Å²) >= 11 is 0. The van der Waals surface area contributed by atoms with Gasteiger partial charge < -0.3 is 0 Å². The maximum Gasteiger partial charge on any atom is 0.0197 e. The van der Waals surface area contributed by atoms with Crippen molar-refractivity contribution in [1.29, 1.82) is 0 Å². The maximum atomic E-state index is 2.31. The first-order chi connectivity index (χ1) is 4.41. The first-order valence-corrected chi connectivity index (χ1v) is 7.83. The summed E-state index contributed by atoms with van der Waals surface area (Å²) in [5.74, 6) is 0. The fraction of sp³-hybridized carbons (Fsp3) is 1.00. The van der Waals surface area contributed by atoms with Gasteiger partial charge in [-0.15, -0.1) is 0 Å². The van der Waals surface area contributed by atoms with Gasteiger partial charge in [0.2, 0.25) is 0 Å². The Morgan fingerprint density at radius 2 is 2.00 bits per heavy atom. The molecule has 0 saturated carbocycles. The molecule has 0 nitrogen and oxygen atoms in total. The van der Waals surface area contributed by atoms with Crippen LogP contribution >= 0.6 is 0 Å². The molecule has 0 saturated heterocycles. The van der Waals surface area contributed by atoms with Crippen LogP contribution in [-0.2, 0) is 0 Å². The Morgan fingerprint density at radius 1 is 1.22 bits per heavy atom. The second kappa shape index (κ2) is 8.43. The lowest BCUT2D eigenvalue weighted by Gasteiger charge is -1.95. The summed E-state index contributed by atoms with van der Waals surface area (Å²) < 4.78 is 0. The highest BCUT2D eigenvalue weighted by Gasteiger charge is 1.86. The van der Waals surface area contributed by atoms with Crippen LogP contribution in [-0.4, -0.2) is 19.8 Å². The molecule has 0 bridgehead atoms. The lowest BCUT2D eigenvalue weighted by Crippen LogP contribution is -1.87. The molecule has 0 aliphatic rings. The molecule has 0 spiro atoms. The summed E-state index contributed by atoms with van der Waals surface area (Å²) in [6, 6.07) is 4.73. The second-order valence-electron chi connectivity index (χ2n) is 2.77. The highest BCUT2D eigenvalue weighted by molar-refractivity contribution is 6.35. The van der Waals surface area contributed by atoms with Gasteiger partial charge in [-0.1, -0.05) is 44.3 Å². The van der Waals surface area contributed by atoms with Gasteiger partial charge in [0, 0.05) is 19.8 Å². The zero-order chi connectivity index (χ0) is 6.95. The van der Waals surface area contributed by atoms with Crippen molar-refractivity contribution < 1.29 is 0 Å². The molecule has 0 rings (SSSR count). The fourth-order valence-electron chi connectivity index (χ4n) is 1.03. The van der Waals surface area contributed by atoms with Crippen molar-refractivity contribution in [2.45, 2.75) is 44.3 Å². The van der Waals surface area contributed by atoms with Gasteiger partial charge in [0.05, 0.1) is 0 Å². The van der Waals surface area contributed by atoms with Crippen molar-refractivity contribution in [1.82, 2.24) is 0 Å². The molecule has 0 aromatic carbocycles. The van der Waals surface area contributed by atoms with E-state index in [1.807, 2.05) is 0 Å². The minimum Gasteiger partial charge on any atom is -0.0659 e. The topological polar surface area (TPSA) is 0 Å². The van der Waals surface area contributed by atoms with Crippen molar-refractivity contribution in [2.75, 3.05) is 0 Å². The van der Waals surface area contributed by atoms with E-state index in [2.05, 4.69) is 6.92 Å². The molecule has 0 atom stereocenters. The Bertz CT molecular complexity index is 40.2. The van der Waals surface area contributed by atoms with E-state index in [0.29, 0.717) is 9.52 Å². The van der Waals surface area contributed by atoms with Gasteiger partial charge in [-0.05, 0) is 0 Å². The number of rotatable bonds is 6. The lowest BCUT2D eigenvalue weighted by atomic mass is 10.4. The molecule has 0 N–H and O–H groups in total. The SMILES string of the molecule is CCC[SiH2]CCCC[SiH3]. The molecule has 2 heteroatoms. The Kier molecular flexibility index (Phi) is 8.84. The summed E-state index contributed by atoms with van der Waals surface area (Å²) in [5.41, 5.74) is 0. The molecule has 9 heavy (non-hydrogen) atoms. The summed E-state index contributed by atoms with van der Waals surface area (Å²) in [7, 11) is 1.83. The van der Waals surface area contributed by atoms with Crippen molar-refractivity contribution in [2.24, 2.45) is 0 Å². The van der Waals surface area contributed by atoms with Crippen LogP contribution in [0.15, 0.2) is 0 Å². The molecule has 56 valence electrons. The minimum atomic E-state index is 0.406. The first-order valence-electron chi connectivity index (χ1n) is 4.41. The van der Waals surface area contributed by atoms with E-state index in [-0.39, 0.29) is 0 Å². The van der Waals surface area contributed by atoms with Crippen LogP contribution in [0.1, 0.15) is 26.2 Å². The third-order valence-corrected chi connectivity index (χ3v) is 4.62. The van der Waals surface area contributed by atoms with Gasteiger partial charge in [-0.2, -0.15) is 0 Å². The standard InChI is InChI=1S/C7H20Si2/c1-2-6-9-7-4-3-5-8/h2-7,9H2,1,8H3. The summed E-state index contributed by atoms with van der Waals surface area (Å²) in [5, 5.41) is 0. The molecule has 0 aliphatic carbocycles. The second-order valence-corrected chi connectivity index (χ2v) is 5.89. The third kappa shape index (κ3) is 8.43. The highest BCUT2D eigenvalue weighted by Crippen LogP contribution is 2.00. The van der Waals surface area contributed by atoms with Crippen molar-refractivity contribution >= 4 is 19.8 Å². The van der Waals surface area contributed by atoms with E-state index < -0.39 is 0 Å². The minimum absolute atomic E-state index is 0.406. The van der Waals surface area contributed by atoms with Crippen molar-refractivity contribution in [3.8, 4) is 0 Å². The maximum absolute atomic E-state index is 2.31. The number of hydrogen-bond donors (Lipinski definition) is 0.